The molecule has 0 spiro atoms. The van der Waals surface area contributed by atoms with Crippen LogP contribution in [0.1, 0.15) is 48.4 Å². The predicted octanol–water partition coefficient (Wildman–Crippen LogP) is 11.6. The molecule has 1 aliphatic rings. The zero-order valence-electron chi connectivity index (χ0n) is 25.7. The quantitative estimate of drug-likeness (QED) is 0.149. The van der Waals surface area contributed by atoms with E-state index >= 15 is 0 Å². The van der Waals surface area contributed by atoms with Crippen LogP contribution in [0.2, 0.25) is 0 Å². The van der Waals surface area contributed by atoms with Crippen molar-refractivity contribution in [2.75, 3.05) is 0 Å². The fourth-order valence-corrected chi connectivity index (χ4v) is 17.9. The smallest absolute Gasteiger partial charge is 0.0620 e. The van der Waals surface area contributed by atoms with Gasteiger partial charge in [-0.1, -0.05) is 121 Å². The second-order valence-corrected chi connectivity index (χ2v) is 21.6. The molecular weight excluding hydrogens is 574 g/mol. The molecule has 2 atom stereocenters. The molecule has 1 heterocycles. The van der Waals surface area contributed by atoms with Gasteiger partial charge < -0.3 is 0 Å². The van der Waals surface area contributed by atoms with Crippen LogP contribution >= 0.6 is 26.6 Å². The van der Waals surface area contributed by atoms with E-state index in [-0.39, 0.29) is 10.6 Å². The number of fused-ring (bicyclic) bond motifs is 7. The number of benzene rings is 6. The maximum absolute atomic E-state index is 6.07. The van der Waals surface area contributed by atoms with Crippen molar-refractivity contribution in [1.29, 1.82) is 0 Å². The molecule has 0 saturated heterocycles. The molecule has 0 aromatic heterocycles. The lowest BCUT2D eigenvalue weighted by atomic mass is 9.88. The van der Waals surface area contributed by atoms with Gasteiger partial charge in [0.05, 0.1) is 17.8 Å². The van der Waals surface area contributed by atoms with Gasteiger partial charge in [-0.25, -0.2) is 0 Å². The Labute approximate surface area is 263 Å². The SMILES string of the molecule is Cc1ccccc1P(c1ccccc1C)[C@H]1c2ccc3ccccc3c2-c2c(ccc3ccccc23)C[P+]1(S)C(C)(C)C. The summed E-state index contributed by atoms with van der Waals surface area (Å²) in [5, 5.41) is 8.56. The first-order valence-corrected chi connectivity index (χ1v) is 19.8. The standard InChI is InChI=1S/C40H39P2S/c1-27-14-6-12-20-35(27)41(36-21-13-7-15-28(36)2)39-34-25-24-30-17-9-11-19-33(30)38(34)37-31(26-42(39,43)40(3,4)5)23-22-29-16-8-10-18-32(29)37/h6-25,39,43H,26H2,1-5H3/q+1/t39-,42?/m1/s1. The van der Waals surface area contributed by atoms with Gasteiger partial charge in [-0.2, -0.15) is 0 Å². The molecule has 214 valence electrons. The van der Waals surface area contributed by atoms with E-state index in [1.54, 1.807) is 0 Å². The fourth-order valence-electron chi connectivity index (χ4n) is 7.10. The first-order valence-electron chi connectivity index (χ1n) is 15.2. The molecular formula is C40H39P2S+. The van der Waals surface area contributed by atoms with Crippen LogP contribution in [0.3, 0.4) is 0 Å². The lowest BCUT2D eigenvalue weighted by Crippen LogP contribution is -2.28. The summed E-state index contributed by atoms with van der Waals surface area (Å²) in [6.45, 7) is 9.95. The zero-order chi connectivity index (χ0) is 29.9. The number of hydrogen-bond acceptors (Lipinski definition) is 1. The molecule has 43 heavy (non-hydrogen) atoms. The highest BCUT2D eigenvalue weighted by molar-refractivity contribution is 8.54. The first kappa shape index (κ1) is 28.8. The molecule has 1 unspecified atom stereocenters. The van der Waals surface area contributed by atoms with E-state index in [1.165, 1.54) is 65.5 Å². The van der Waals surface area contributed by atoms with E-state index in [0.29, 0.717) is 0 Å². The number of rotatable bonds is 3. The summed E-state index contributed by atoms with van der Waals surface area (Å²) in [7, 11) is -0.795. The lowest BCUT2D eigenvalue weighted by Gasteiger charge is -2.43. The third-order valence-electron chi connectivity index (χ3n) is 9.48. The van der Waals surface area contributed by atoms with Crippen molar-refractivity contribution in [2.24, 2.45) is 0 Å². The highest BCUT2D eigenvalue weighted by atomic mass is 32.7. The third-order valence-corrected chi connectivity index (χ3v) is 21.9. The highest BCUT2D eigenvalue weighted by Crippen LogP contribution is 2.90. The van der Waals surface area contributed by atoms with Crippen molar-refractivity contribution in [3.63, 3.8) is 0 Å². The summed E-state index contributed by atoms with van der Waals surface area (Å²) >= 11 is 6.07. The molecule has 6 aromatic carbocycles. The molecule has 0 aliphatic carbocycles. The Morgan fingerprint density at radius 3 is 1.65 bits per heavy atom. The summed E-state index contributed by atoms with van der Waals surface area (Å²) < 4.78 is 0. The molecule has 0 bridgehead atoms. The van der Waals surface area contributed by atoms with Crippen LogP contribution in [-0.2, 0) is 6.16 Å². The maximum Gasteiger partial charge on any atom is 0.132 e. The molecule has 0 nitrogen and oxygen atoms in total. The summed E-state index contributed by atoms with van der Waals surface area (Å²) in [5.41, 5.74) is 8.51. The summed E-state index contributed by atoms with van der Waals surface area (Å²) in [4.78, 5) is 0. The lowest BCUT2D eigenvalue weighted by molar-refractivity contribution is 0.772. The summed E-state index contributed by atoms with van der Waals surface area (Å²) in [6, 6.07) is 45.9. The largest absolute Gasteiger partial charge is 0.132 e. The summed E-state index contributed by atoms with van der Waals surface area (Å²) in [5.74, 6) is 0. The van der Waals surface area contributed by atoms with Gasteiger partial charge in [0.25, 0.3) is 0 Å². The van der Waals surface area contributed by atoms with E-state index in [4.69, 9.17) is 12.2 Å². The third kappa shape index (κ3) is 4.68. The summed E-state index contributed by atoms with van der Waals surface area (Å²) in [6.07, 6.45) is 1.00. The molecule has 1 aliphatic heterocycles. The average molecular weight is 614 g/mol. The Morgan fingerprint density at radius 2 is 1.09 bits per heavy atom. The molecule has 0 radical (unpaired) electrons. The van der Waals surface area contributed by atoms with E-state index in [0.717, 1.165) is 6.16 Å². The van der Waals surface area contributed by atoms with Gasteiger partial charge in [-0.15, -0.1) is 0 Å². The molecule has 0 amide bonds. The Morgan fingerprint density at radius 1 is 0.605 bits per heavy atom. The molecule has 0 N–H and O–H groups in total. The minimum Gasteiger partial charge on any atom is -0.0620 e. The molecule has 0 fully saturated rings. The van der Waals surface area contributed by atoms with Gasteiger partial charge in [-0.05, 0) is 94.6 Å². The van der Waals surface area contributed by atoms with Crippen LogP contribution in [-0.4, -0.2) is 5.16 Å². The van der Waals surface area contributed by atoms with Gasteiger partial charge in [0.2, 0.25) is 0 Å². The van der Waals surface area contributed by atoms with Gasteiger partial charge in [0.15, 0.2) is 0 Å². The van der Waals surface area contributed by atoms with Gasteiger partial charge in [0.1, 0.15) is 5.40 Å². The van der Waals surface area contributed by atoms with Gasteiger partial charge in [-0.3, -0.25) is 0 Å². The first-order chi connectivity index (χ1) is 20.7. The van der Waals surface area contributed by atoms with E-state index in [1.807, 2.05) is 0 Å². The zero-order valence-corrected chi connectivity index (χ0v) is 28.4. The van der Waals surface area contributed by atoms with Crippen molar-refractivity contribution in [3.05, 3.63) is 144 Å². The Hall–Kier alpha value is -2.95. The van der Waals surface area contributed by atoms with Crippen molar-refractivity contribution >= 4 is 58.8 Å². The Balaban J connectivity index is 1.69. The topological polar surface area (TPSA) is 0 Å². The fraction of sp³-hybridized carbons (Fsp3) is 0.200. The normalized spacial score (nSPS) is 18.4. The highest BCUT2D eigenvalue weighted by Gasteiger charge is 2.59. The number of hydrogen-bond donors (Lipinski definition) is 1. The van der Waals surface area contributed by atoms with Crippen LogP contribution in [0.4, 0.5) is 0 Å². The Bertz CT molecular complexity index is 1960. The molecule has 7 rings (SSSR count). The van der Waals surface area contributed by atoms with Crippen LogP contribution < -0.4 is 10.6 Å². The second-order valence-electron chi connectivity index (χ2n) is 13.0. The maximum atomic E-state index is 6.07. The van der Waals surface area contributed by atoms with Crippen molar-refractivity contribution in [2.45, 2.75) is 51.3 Å². The number of thiol groups is 1. The van der Waals surface area contributed by atoms with Gasteiger partial charge in [0, 0.05) is 25.7 Å². The van der Waals surface area contributed by atoms with Crippen molar-refractivity contribution in [1.82, 2.24) is 0 Å². The second kappa shape index (κ2) is 10.9. The van der Waals surface area contributed by atoms with Crippen LogP contribution in [0, 0.1) is 13.8 Å². The minimum absolute atomic E-state index is 0.0168. The van der Waals surface area contributed by atoms with Gasteiger partial charge >= 0.3 is 0 Å². The molecule has 6 aromatic rings. The van der Waals surface area contributed by atoms with Crippen molar-refractivity contribution in [3.8, 4) is 11.1 Å². The van der Waals surface area contributed by atoms with Crippen LogP contribution in [0.5, 0.6) is 0 Å². The van der Waals surface area contributed by atoms with E-state index in [2.05, 4.69) is 156 Å². The number of aryl methyl sites for hydroxylation is 2. The van der Waals surface area contributed by atoms with Crippen LogP contribution in [0.15, 0.2) is 121 Å². The van der Waals surface area contributed by atoms with Crippen molar-refractivity contribution < 1.29 is 0 Å². The Kier molecular flexibility index (Phi) is 7.29. The van der Waals surface area contributed by atoms with Crippen LogP contribution in [0.25, 0.3) is 32.7 Å². The molecule has 3 heteroatoms. The predicted molar refractivity (Wildman–Crippen MR) is 198 cm³/mol. The monoisotopic (exact) mass is 613 g/mol. The average Bonchev–Trinajstić information content (AvgIpc) is 3.12. The minimum atomic E-state index is -2.02. The van der Waals surface area contributed by atoms with E-state index in [9.17, 15) is 0 Å². The molecule has 0 saturated carbocycles. The van der Waals surface area contributed by atoms with E-state index < -0.39 is 14.4 Å².